The highest BCUT2D eigenvalue weighted by molar-refractivity contribution is 14.1. The number of nitrogens with one attached hydrogen (secondary N) is 1. The van der Waals surface area contributed by atoms with E-state index in [9.17, 15) is 4.79 Å². The van der Waals surface area contributed by atoms with Gasteiger partial charge in [-0.15, -0.1) is 0 Å². The molecule has 1 unspecified atom stereocenters. The number of fused-ring (bicyclic) bond motifs is 1. The molecule has 0 radical (unpaired) electrons. The van der Waals surface area contributed by atoms with Crippen molar-refractivity contribution in [3.63, 3.8) is 0 Å². The highest BCUT2D eigenvalue weighted by atomic mass is 127. The van der Waals surface area contributed by atoms with Crippen molar-refractivity contribution in [2.75, 3.05) is 0 Å². The lowest BCUT2D eigenvalue weighted by Gasteiger charge is -2.25. The van der Waals surface area contributed by atoms with Gasteiger partial charge in [-0.05, 0) is 71.2 Å². The molecule has 0 heterocycles. The summed E-state index contributed by atoms with van der Waals surface area (Å²) in [6, 6.07) is 14.1. The number of carbonyl (C=O) groups is 1. The normalized spacial score (nSPS) is 17.1. The summed E-state index contributed by atoms with van der Waals surface area (Å²) in [6.45, 7) is 0. The van der Waals surface area contributed by atoms with Crippen molar-refractivity contribution >= 4 is 40.1 Å². The van der Waals surface area contributed by atoms with Gasteiger partial charge in [0.2, 0.25) is 0 Å². The quantitative estimate of drug-likeness (QED) is 0.736. The minimum Gasteiger partial charge on any atom is -0.349 e. The molecule has 0 aromatic heterocycles. The van der Waals surface area contributed by atoms with Crippen molar-refractivity contribution in [3.8, 4) is 0 Å². The van der Waals surface area contributed by atoms with Crippen LogP contribution in [0.4, 0.5) is 0 Å². The molecule has 4 heteroatoms. The van der Waals surface area contributed by atoms with Gasteiger partial charge < -0.3 is 5.32 Å². The zero-order valence-electron chi connectivity index (χ0n) is 11.4. The molecule has 1 amide bonds. The maximum atomic E-state index is 12.3. The Balaban J connectivity index is 1.70. The van der Waals surface area contributed by atoms with Crippen molar-refractivity contribution in [2.24, 2.45) is 0 Å². The summed E-state index contributed by atoms with van der Waals surface area (Å²) in [4.78, 5) is 12.3. The number of benzene rings is 2. The first kappa shape index (κ1) is 14.9. The largest absolute Gasteiger partial charge is 0.349 e. The van der Waals surface area contributed by atoms with Crippen molar-refractivity contribution in [1.29, 1.82) is 0 Å². The van der Waals surface area contributed by atoms with Gasteiger partial charge in [0, 0.05) is 15.2 Å². The molecule has 0 spiro atoms. The highest BCUT2D eigenvalue weighted by Gasteiger charge is 2.20. The van der Waals surface area contributed by atoms with Gasteiger partial charge in [-0.25, -0.2) is 0 Å². The first-order chi connectivity index (χ1) is 10.1. The molecule has 1 aliphatic carbocycles. The molecule has 1 atom stereocenters. The van der Waals surface area contributed by atoms with Crippen LogP contribution in [0.5, 0.6) is 0 Å². The molecular weight excluding hydrogens is 397 g/mol. The van der Waals surface area contributed by atoms with Crippen LogP contribution in [-0.4, -0.2) is 11.9 Å². The molecule has 0 saturated heterocycles. The van der Waals surface area contributed by atoms with Crippen molar-refractivity contribution in [2.45, 2.75) is 25.3 Å². The summed E-state index contributed by atoms with van der Waals surface area (Å²) >= 11 is 8.24. The molecule has 108 valence electrons. The van der Waals surface area contributed by atoms with Gasteiger partial charge >= 0.3 is 0 Å². The summed E-state index contributed by atoms with van der Waals surface area (Å²) in [5, 5.41) is 3.75. The Hall–Kier alpha value is -1.07. The molecular formula is C17H15ClINO. The molecule has 21 heavy (non-hydrogen) atoms. The summed E-state index contributed by atoms with van der Waals surface area (Å²) in [5.41, 5.74) is 3.37. The fourth-order valence-corrected chi connectivity index (χ4v) is 3.24. The number of carbonyl (C=O) groups excluding carboxylic acids is 1. The summed E-state index contributed by atoms with van der Waals surface area (Å²) in [7, 11) is 0. The van der Waals surface area contributed by atoms with E-state index in [1.165, 1.54) is 11.1 Å². The summed E-state index contributed by atoms with van der Waals surface area (Å²) < 4.78 is 0.956. The van der Waals surface area contributed by atoms with E-state index < -0.39 is 0 Å². The number of halogens is 2. The lowest BCUT2D eigenvalue weighted by molar-refractivity contribution is 0.0933. The monoisotopic (exact) mass is 411 g/mol. The molecule has 2 nitrogen and oxygen atoms in total. The van der Waals surface area contributed by atoms with Crippen LogP contribution in [0.1, 0.15) is 27.9 Å². The maximum Gasteiger partial charge on any atom is 0.251 e. The summed E-state index contributed by atoms with van der Waals surface area (Å²) in [5.74, 6) is -0.0438. The predicted octanol–water partition coefficient (Wildman–Crippen LogP) is 4.23. The smallest absolute Gasteiger partial charge is 0.251 e. The third-order valence-electron chi connectivity index (χ3n) is 3.86. The van der Waals surface area contributed by atoms with Crippen LogP contribution in [0.25, 0.3) is 0 Å². The highest BCUT2D eigenvalue weighted by Crippen LogP contribution is 2.22. The zero-order chi connectivity index (χ0) is 14.8. The first-order valence-electron chi connectivity index (χ1n) is 6.96. The Kier molecular flexibility index (Phi) is 4.50. The Bertz CT molecular complexity index is 686. The van der Waals surface area contributed by atoms with Crippen LogP contribution in [0.3, 0.4) is 0 Å². The minimum atomic E-state index is -0.0438. The number of hydrogen-bond acceptors (Lipinski definition) is 1. The van der Waals surface area contributed by atoms with Gasteiger partial charge in [0.25, 0.3) is 5.91 Å². The zero-order valence-corrected chi connectivity index (χ0v) is 14.3. The van der Waals surface area contributed by atoms with Gasteiger partial charge in [-0.2, -0.15) is 0 Å². The van der Waals surface area contributed by atoms with Gasteiger partial charge in [-0.1, -0.05) is 35.9 Å². The molecule has 1 N–H and O–H groups in total. The SMILES string of the molecule is O=C(NC1CCc2ccccc2C1)c1ccc(I)c(Cl)c1. The second kappa shape index (κ2) is 6.36. The van der Waals surface area contributed by atoms with Crippen LogP contribution >= 0.6 is 34.2 Å². The van der Waals surface area contributed by atoms with Gasteiger partial charge in [0.05, 0.1) is 5.02 Å². The number of rotatable bonds is 2. The molecule has 3 rings (SSSR count). The lowest BCUT2D eigenvalue weighted by atomic mass is 9.88. The van der Waals surface area contributed by atoms with Crippen molar-refractivity contribution < 1.29 is 4.79 Å². The van der Waals surface area contributed by atoms with Crippen molar-refractivity contribution in [1.82, 2.24) is 5.32 Å². The molecule has 0 saturated carbocycles. The number of amides is 1. The second-order valence-corrected chi connectivity index (χ2v) is 6.88. The van der Waals surface area contributed by atoms with Crippen LogP contribution in [-0.2, 0) is 12.8 Å². The predicted molar refractivity (Wildman–Crippen MR) is 93.9 cm³/mol. The topological polar surface area (TPSA) is 29.1 Å². The van der Waals surface area contributed by atoms with Gasteiger partial charge in [0.1, 0.15) is 0 Å². The molecule has 0 fully saturated rings. The fraction of sp³-hybridized carbons (Fsp3) is 0.235. The van der Waals surface area contributed by atoms with E-state index in [4.69, 9.17) is 11.6 Å². The average Bonchev–Trinajstić information content (AvgIpc) is 2.50. The van der Waals surface area contributed by atoms with E-state index in [-0.39, 0.29) is 11.9 Å². The number of hydrogen-bond donors (Lipinski definition) is 1. The molecule has 2 aromatic carbocycles. The van der Waals surface area contributed by atoms with Crippen LogP contribution in [0, 0.1) is 3.57 Å². The van der Waals surface area contributed by atoms with E-state index in [0.29, 0.717) is 10.6 Å². The lowest BCUT2D eigenvalue weighted by Crippen LogP contribution is -2.38. The van der Waals surface area contributed by atoms with E-state index in [2.05, 4.69) is 52.2 Å². The first-order valence-corrected chi connectivity index (χ1v) is 8.42. The molecule has 0 aliphatic heterocycles. The van der Waals surface area contributed by atoms with Crippen LogP contribution in [0.15, 0.2) is 42.5 Å². The Morgan fingerprint density at radius 1 is 1.19 bits per heavy atom. The van der Waals surface area contributed by atoms with Crippen LogP contribution in [0.2, 0.25) is 5.02 Å². The number of aryl methyl sites for hydroxylation is 1. The van der Waals surface area contributed by atoms with Crippen LogP contribution < -0.4 is 5.32 Å². The fourth-order valence-electron chi connectivity index (χ4n) is 2.73. The van der Waals surface area contributed by atoms with Crippen molar-refractivity contribution in [3.05, 3.63) is 67.7 Å². The van der Waals surface area contributed by atoms with Gasteiger partial charge in [0.15, 0.2) is 0 Å². The Morgan fingerprint density at radius 3 is 2.71 bits per heavy atom. The maximum absolute atomic E-state index is 12.3. The third-order valence-corrected chi connectivity index (χ3v) is 5.44. The average molecular weight is 412 g/mol. The minimum absolute atomic E-state index is 0.0438. The van der Waals surface area contributed by atoms with E-state index in [0.717, 1.165) is 22.8 Å². The van der Waals surface area contributed by atoms with E-state index in [1.807, 2.05) is 12.1 Å². The van der Waals surface area contributed by atoms with Gasteiger partial charge in [-0.3, -0.25) is 4.79 Å². The second-order valence-electron chi connectivity index (χ2n) is 5.31. The Labute approximate surface area is 143 Å². The molecule has 1 aliphatic rings. The summed E-state index contributed by atoms with van der Waals surface area (Å²) in [6.07, 6.45) is 2.91. The molecule has 2 aromatic rings. The third kappa shape index (κ3) is 3.40. The Morgan fingerprint density at radius 2 is 1.95 bits per heavy atom. The van der Waals surface area contributed by atoms with E-state index >= 15 is 0 Å². The van der Waals surface area contributed by atoms with E-state index in [1.54, 1.807) is 6.07 Å². The standard InChI is InChI=1S/C17H15ClINO/c18-15-10-13(6-8-16(15)19)17(21)20-14-7-5-11-3-1-2-4-12(11)9-14/h1-4,6,8,10,14H,5,7,9H2,(H,20,21). The molecule has 0 bridgehead atoms.